The van der Waals surface area contributed by atoms with Gasteiger partial charge in [0.15, 0.2) is 0 Å². The molecule has 0 heterocycles. The SMILES string of the molecule is CC(C)N(CCNCc1c2ccccc2c(CNCCN(C(C)C)C(C)C)c2ccccc12)C(C)C. The van der Waals surface area contributed by atoms with Gasteiger partial charge in [0.05, 0.1) is 0 Å². The van der Waals surface area contributed by atoms with Crippen LogP contribution in [0.1, 0.15) is 66.5 Å². The average Bonchev–Trinajstić information content (AvgIpc) is 2.83. The van der Waals surface area contributed by atoms with Crippen molar-refractivity contribution in [1.82, 2.24) is 20.4 Å². The molecule has 3 aromatic rings. The fraction of sp³-hybridized carbons (Fsp3) is 0.562. The van der Waals surface area contributed by atoms with Gasteiger partial charge in [0.2, 0.25) is 0 Å². The lowest BCUT2D eigenvalue weighted by molar-refractivity contribution is 0.175. The van der Waals surface area contributed by atoms with E-state index in [2.05, 4.69) is 124 Å². The van der Waals surface area contributed by atoms with Gasteiger partial charge in [-0.05, 0) is 88.1 Å². The Hall–Kier alpha value is -1.98. The second-order valence-electron chi connectivity index (χ2n) is 11.3. The maximum absolute atomic E-state index is 3.77. The maximum Gasteiger partial charge on any atom is 0.0218 e. The topological polar surface area (TPSA) is 30.5 Å². The Morgan fingerprint density at radius 2 is 0.778 bits per heavy atom. The number of nitrogens with one attached hydrogen (secondary N) is 2. The number of nitrogens with zero attached hydrogens (tertiary/aromatic N) is 2. The van der Waals surface area contributed by atoms with Gasteiger partial charge in [0, 0.05) is 63.4 Å². The van der Waals surface area contributed by atoms with Crippen LogP contribution >= 0.6 is 0 Å². The van der Waals surface area contributed by atoms with Crippen molar-refractivity contribution < 1.29 is 0 Å². The summed E-state index contributed by atoms with van der Waals surface area (Å²) >= 11 is 0. The zero-order chi connectivity index (χ0) is 26.2. The van der Waals surface area contributed by atoms with E-state index in [1.807, 2.05) is 0 Å². The summed E-state index contributed by atoms with van der Waals surface area (Å²) in [6.45, 7) is 24.2. The van der Waals surface area contributed by atoms with Crippen molar-refractivity contribution in [1.29, 1.82) is 0 Å². The molecule has 198 valence electrons. The van der Waals surface area contributed by atoms with Crippen LogP contribution in [0.2, 0.25) is 0 Å². The molecule has 4 nitrogen and oxygen atoms in total. The summed E-state index contributed by atoms with van der Waals surface area (Å²) in [6.07, 6.45) is 0. The monoisotopic (exact) mass is 490 g/mol. The molecule has 3 rings (SSSR count). The maximum atomic E-state index is 3.77. The highest BCUT2D eigenvalue weighted by Crippen LogP contribution is 2.33. The predicted octanol–water partition coefficient (Wildman–Crippen LogP) is 6.41. The largest absolute Gasteiger partial charge is 0.311 e. The lowest BCUT2D eigenvalue weighted by Crippen LogP contribution is -2.41. The van der Waals surface area contributed by atoms with Crippen molar-refractivity contribution in [2.75, 3.05) is 26.2 Å². The Morgan fingerprint density at radius 1 is 0.500 bits per heavy atom. The lowest BCUT2D eigenvalue weighted by atomic mass is 9.91. The molecule has 3 aromatic carbocycles. The van der Waals surface area contributed by atoms with Gasteiger partial charge in [0.1, 0.15) is 0 Å². The van der Waals surface area contributed by atoms with E-state index in [4.69, 9.17) is 0 Å². The van der Waals surface area contributed by atoms with E-state index in [-0.39, 0.29) is 0 Å². The summed E-state index contributed by atoms with van der Waals surface area (Å²) in [6, 6.07) is 20.2. The molecule has 0 bridgehead atoms. The fourth-order valence-corrected chi connectivity index (χ4v) is 5.76. The Morgan fingerprint density at radius 3 is 1.03 bits per heavy atom. The van der Waals surface area contributed by atoms with Crippen LogP contribution in [-0.4, -0.2) is 60.1 Å². The third-order valence-electron chi connectivity index (χ3n) is 7.50. The van der Waals surface area contributed by atoms with Crippen molar-refractivity contribution >= 4 is 21.5 Å². The van der Waals surface area contributed by atoms with E-state index < -0.39 is 0 Å². The smallest absolute Gasteiger partial charge is 0.0218 e. The second-order valence-corrected chi connectivity index (χ2v) is 11.3. The highest BCUT2D eigenvalue weighted by atomic mass is 15.2. The minimum Gasteiger partial charge on any atom is -0.311 e. The van der Waals surface area contributed by atoms with E-state index in [0.717, 1.165) is 39.3 Å². The quantitative estimate of drug-likeness (QED) is 0.202. The van der Waals surface area contributed by atoms with Gasteiger partial charge < -0.3 is 10.6 Å². The first-order valence-electron chi connectivity index (χ1n) is 14.1. The molecule has 36 heavy (non-hydrogen) atoms. The predicted molar refractivity (Wildman–Crippen MR) is 159 cm³/mol. The minimum absolute atomic E-state index is 0.563. The summed E-state index contributed by atoms with van der Waals surface area (Å²) in [5, 5.41) is 13.0. The molecule has 0 radical (unpaired) electrons. The molecule has 0 fully saturated rings. The van der Waals surface area contributed by atoms with E-state index >= 15 is 0 Å². The van der Waals surface area contributed by atoms with E-state index in [1.165, 1.54) is 32.7 Å². The summed E-state index contributed by atoms with van der Waals surface area (Å²) in [7, 11) is 0. The van der Waals surface area contributed by atoms with Gasteiger partial charge in [-0.3, -0.25) is 9.80 Å². The molecular formula is C32H50N4. The molecule has 4 heteroatoms. The number of hydrogen-bond donors (Lipinski definition) is 2. The van der Waals surface area contributed by atoms with Crippen LogP contribution in [0.15, 0.2) is 48.5 Å². The zero-order valence-corrected chi connectivity index (χ0v) is 24.1. The molecule has 0 aromatic heterocycles. The minimum atomic E-state index is 0.563. The average molecular weight is 491 g/mol. The Bertz CT molecular complexity index is 927. The Labute approximate surface area is 220 Å². The molecule has 0 aliphatic heterocycles. The summed E-state index contributed by atoms with van der Waals surface area (Å²) in [5.74, 6) is 0. The standard InChI is InChI=1S/C32H50N4/c1-23(2)35(24(3)4)19-17-33-21-31-27-13-9-11-15-29(27)32(30-16-12-10-14-28(30)31)22-34-18-20-36(25(5)6)26(7)8/h9-16,23-26,33-34H,17-22H2,1-8H3. The van der Waals surface area contributed by atoms with Crippen LogP contribution in [-0.2, 0) is 13.1 Å². The summed E-state index contributed by atoms with van der Waals surface area (Å²) in [4.78, 5) is 5.11. The van der Waals surface area contributed by atoms with Crippen LogP contribution in [0.4, 0.5) is 0 Å². The number of benzene rings is 3. The molecule has 0 aliphatic carbocycles. The normalized spacial score (nSPS) is 12.6. The van der Waals surface area contributed by atoms with Crippen molar-refractivity contribution in [2.45, 2.75) is 92.6 Å². The van der Waals surface area contributed by atoms with Gasteiger partial charge in [-0.1, -0.05) is 48.5 Å². The van der Waals surface area contributed by atoms with Crippen molar-refractivity contribution in [3.05, 3.63) is 59.7 Å². The highest BCUT2D eigenvalue weighted by Gasteiger charge is 2.16. The first-order chi connectivity index (χ1) is 17.2. The van der Waals surface area contributed by atoms with Crippen molar-refractivity contribution in [3.63, 3.8) is 0 Å². The van der Waals surface area contributed by atoms with E-state index in [9.17, 15) is 0 Å². The van der Waals surface area contributed by atoms with E-state index in [0.29, 0.717) is 24.2 Å². The molecule has 0 aliphatic rings. The van der Waals surface area contributed by atoms with Crippen LogP contribution in [0.3, 0.4) is 0 Å². The van der Waals surface area contributed by atoms with Gasteiger partial charge in [-0.25, -0.2) is 0 Å². The lowest BCUT2D eigenvalue weighted by Gasteiger charge is -2.30. The Balaban J connectivity index is 1.81. The number of hydrogen-bond acceptors (Lipinski definition) is 4. The third-order valence-corrected chi connectivity index (χ3v) is 7.50. The van der Waals surface area contributed by atoms with Gasteiger partial charge in [-0.2, -0.15) is 0 Å². The van der Waals surface area contributed by atoms with Gasteiger partial charge in [-0.15, -0.1) is 0 Å². The first kappa shape index (κ1) is 28.6. The molecule has 0 amide bonds. The van der Waals surface area contributed by atoms with Crippen molar-refractivity contribution in [3.8, 4) is 0 Å². The second kappa shape index (κ2) is 13.5. The third kappa shape index (κ3) is 7.07. The zero-order valence-electron chi connectivity index (χ0n) is 24.1. The van der Waals surface area contributed by atoms with Crippen molar-refractivity contribution in [2.24, 2.45) is 0 Å². The fourth-order valence-electron chi connectivity index (χ4n) is 5.76. The molecule has 0 unspecified atom stereocenters. The van der Waals surface area contributed by atoms with Gasteiger partial charge in [0.25, 0.3) is 0 Å². The van der Waals surface area contributed by atoms with E-state index in [1.54, 1.807) is 0 Å². The molecule has 0 atom stereocenters. The molecule has 2 N–H and O–H groups in total. The Kier molecular flexibility index (Phi) is 10.7. The molecular weight excluding hydrogens is 440 g/mol. The highest BCUT2D eigenvalue weighted by molar-refractivity contribution is 6.05. The van der Waals surface area contributed by atoms with Crippen LogP contribution < -0.4 is 10.6 Å². The van der Waals surface area contributed by atoms with Crippen LogP contribution in [0.25, 0.3) is 21.5 Å². The molecule has 0 saturated heterocycles. The van der Waals surface area contributed by atoms with Gasteiger partial charge >= 0.3 is 0 Å². The molecule has 0 saturated carbocycles. The van der Waals surface area contributed by atoms with Crippen LogP contribution in [0.5, 0.6) is 0 Å². The summed E-state index contributed by atoms with van der Waals surface area (Å²) in [5.41, 5.74) is 2.83. The first-order valence-corrected chi connectivity index (χ1v) is 14.1. The number of fused-ring (bicyclic) bond motifs is 2. The number of rotatable bonds is 14. The molecule has 0 spiro atoms. The van der Waals surface area contributed by atoms with Crippen LogP contribution in [0, 0.1) is 0 Å². The summed E-state index contributed by atoms with van der Waals surface area (Å²) < 4.78 is 0.